The second kappa shape index (κ2) is 4.93. The number of benzene rings is 1. The molecule has 0 aliphatic rings. The van der Waals surface area contributed by atoms with Crippen LogP contribution in [-0.4, -0.2) is 11.5 Å². The maximum absolute atomic E-state index is 3.42. The van der Waals surface area contributed by atoms with E-state index < -0.39 is 0 Å². The molecule has 1 aromatic carbocycles. The molecule has 0 fully saturated rings. The van der Waals surface area contributed by atoms with E-state index in [2.05, 4.69) is 53.4 Å². The second-order valence-corrected chi connectivity index (χ2v) is 5.07. The lowest BCUT2D eigenvalue weighted by Gasteiger charge is -2.07. The van der Waals surface area contributed by atoms with Gasteiger partial charge in [-0.05, 0) is 30.4 Å². The molecule has 0 spiro atoms. The van der Waals surface area contributed by atoms with E-state index in [9.17, 15) is 0 Å². The predicted octanol–water partition coefficient (Wildman–Crippen LogP) is 3.74. The molecule has 66 valence electrons. The average Bonchev–Trinajstić information content (AvgIpc) is 2.09. The largest absolute Gasteiger partial charge is 0.162 e. The standard InChI is InChI=1S/C10H13BrS/c1-8(12-2)7-9-3-5-10(11)6-4-9/h3-6,8H,7H2,1-2H3. The van der Waals surface area contributed by atoms with Crippen molar-refractivity contribution in [1.82, 2.24) is 0 Å². The minimum atomic E-state index is 0.714. The summed E-state index contributed by atoms with van der Waals surface area (Å²) < 4.78 is 1.16. The Balaban J connectivity index is 2.58. The van der Waals surface area contributed by atoms with Crippen molar-refractivity contribution in [2.75, 3.05) is 6.26 Å². The molecule has 0 saturated heterocycles. The van der Waals surface area contributed by atoms with Crippen LogP contribution in [0.15, 0.2) is 28.7 Å². The van der Waals surface area contributed by atoms with Crippen LogP contribution in [0.2, 0.25) is 0 Å². The highest BCUT2D eigenvalue weighted by molar-refractivity contribution is 9.10. The highest BCUT2D eigenvalue weighted by Gasteiger charge is 2.00. The van der Waals surface area contributed by atoms with Crippen molar-refractivity contribution in [3.05, 3.63) is 34.3 Å². The van der Waals surface area contributed by atoms with Crippen LogP contribution in [0.25, 0.3) is 0 Å². The van der Waals surface area contributed by atoms with E-state index in [1.807, 2.05) is 11.8 Å². The average molecular weight is 245 g/mol. The Kier molecular flexibility index (Phi) is 4.16. The zero-order valence-corrected chi connectivity index (χ0v) is 9.78. The Bertz CT molecular complexity index is 230. The topological polar surface area (TPSA) is 0 Å². The molecule has 1 unspecified atom stereocenters. The molecule has 2 heteroatoms. The number of hydrogen-bond donors (Lipinski definition) is 0. The molecular weight excluding hydrogens is 232 g/mol. The third-order valence-electron chi connectivity index (χ3n) is 1.84. The van der Waals surface area contributed by atoms with Gasteiger partial charge in [0.05, 0.1) is 0 Å². The molecule has 0 nitrogen and oxygen atoms in total. The predicted molar refractivity (Wildman–Crippen MR) is 60.8 cm³/mol. The molecule has 0 aliphatic heterocycles. The summed E-state index contributed by atoms with van der Waals surface area (Å²) in [7, 11) is 0. The quantitative estimate of drug-likeness (QED) is 0.781. The summed E-state index contributed by atoms with van der Waals surface area (Å²) in [5.74, 6) is 0. The van der Waals surface area contributed by atoms with Gasteiger partial charge in [0.25, 0.3) is 0 Å². The van der Waals surface area contributed by atoms with Crippen LogP contribution in [0.4, 0.5) is 0 Å². The van der Waals surface area contributed by atoms with E-state index in [0.717, 1.165) is 10.9 Å². The monoisotopic (exact) mass is 244 g/mol. The molecule has 1 rings (SSSR count). The van der Waals surface area contributed by atoms with Crippen LogP contribution in [0.3, 0.4) is 0 Å². The molecular formula is C10H13BrS. The van der Waals surface area contributed by atoms with Crippen molar-refractivity contribution in [3.63, 3.8) is 0 Å². The molecule has 0 aromatic heterocycles. The van der Waals surface area contributed by atoms with Crippen molar-refractivity contribution in [2.45, 2.75) is 18.6 Å². The molecule has 0 aliphatic carbocycles. The zero-order valence-electron chi connectivity index (χ0n) is 7.38. The highest BCUT2D eigenvalue weighted by Crippen LogP contribution is 2.15. The van der Waals surface area contributed by atoms with Gasteiger partial charge in [0.2, 0.25) is 0 Å². The first-order valence-corrected chi connectivity index (χ1v) is 6.07. The van der Waals surface area contributed by atoms with E-state index >= 15 is 0 Å². The maximum Gasteiger partial charge on any atom is 0.0175 e. The lowest BCUT2D eigenvalue weighted by Crippen LogP contribution is -1.99. The molecule has 0 heterocycles. The Labute approximate surface area is 86.9 Å². The third kappa shape index (κ3) is 3.20. The van der Waals surface area contributed by atoms with Crippen molar-refractivity contribution in [2.24, 2.45) is 0 Å². The summed E-state index contributed by atoms with van der Waals surface area (Å²) in [5.41, 5.74) is 1.42. The van der Waals surface area contributed by atoms with E-state index in [1.165, 1.54) is 5.56 Å². The minimum absolute atomic E-state index is 0.714. The van der Waals surface area contributed by atoms with Crippen LogP contribution >= 0.6 is 27.7 Å². The van der Waals surface area contributed by atoms with E-state index in [1.54, 1.807) is 0 Å². The van der Waals surface area contributed by atoms with Crippen molar-refractivity contribution in [3.8, 4) is 0 Å². The fraction of sp³-hybridized carbons (Fsp3) is 0.400. The van der Waals surface area contributed by atoms with Gasteiger partial charge in [0.15, 0.2) is 0 Å². The smallest absolute Gasteiger partial charge is 0.0175 e. The SMILES string of the molecule is CSC(C)Cc1ccc(Br)cc1. The van der Waals surface area contributed by atoms with E-state index in [4.69, 9.17) is 0 Å². The normalized spacial score (nSPS) is 12.9. The fourth-order valence-electron chi connectivity index (χ4n) is 1.04. The first-order valence-electron chi connectivity index (χ1n) is 3.99. The molecule has 0 bridgehead atoms. The van der Waals surface area contributed by atoms with Crippen LogP contribution in [-0.2, 0) is 6.42 Å². The molecule has 1 atom stereocenters. The first kappa shape index (κ1) is 10.1. The molecule has 0 radical (unpaired) electrons. The van der Waals surface area contributed by atoms with Gasteiger partial charge < -0.3 is 0 Å². The summed E-state index contributed by atoms with van der Waals surface area (Å²) in [6.45, 7) is 2.26. The summed E-state index contributed by atoms with van der Waals surface area (Å²) in [4.78, 5) is 0. The Morgan fingerprint density at radius 2 is 1.92 bits per heavy atom. The maximum atomic E-state index is 3.42. The van der Waals surface area contributed by atoms with Gasteiger partial charge >= 0.3 is 0 Å². The fourth-order valence-corrected chi connectivity index (χ4v) is 1.66. The summed E-state index contributed by atoms with van der Waals surface area (Å²) in [5, 5.41) is 0.714. The third-order valence-corrected chi connectivity index (χ3v) is 3.34. The van der Waals surface area contributed by atoms with Gasteiger partial charge in [-0.15, -0.1) is 0 Å². The summed E-state index contributed by atoms with van der Waals surface area (Å²) >= 11 is 5.34. The molecule has 1 aromatic rings. The lowest BCUT2D eigenvalue weighted by atomic mass is 10.1. The number of hydrogen-bond acceptors (Lipinski definition) is 1. The molecule has 0 amide bonds. The summed E-state index contributed by atoms with van der Waals surface area (Å²) in [6.07, 6.45) is 3.32. The van der Waals surface area contributed by atoms with E-state index in [-0.39, 0.29) is 0 Å². The number of thioether (sulfide) groups is 1. The zero-order chi connectivity index (χ0) is 8.97. The van der Waals surface area contributed by atoms with E-state index in [0.29, 0.717) is 5.25 Å². The molecule has 0 N–H and O–H groups in total. The minimum Gasteiger partial charge on any atom is -0.162 e. The highest BCUT2D eigenvalue weighted by atomic mass is 79.9. The van der Waals surface area contributed by atoms with Gasteiger partial charge in [-0.3, -0.25) is 0 Å². The van der Waals surface area contributed by atoms with Crippen molar-refractivity contribution in [1.29, 1.82) is 0 Å². The van der Waals surface area contributed by atoms with Gasteiger partial charge in [-0.1, -0.05) is 35.0 Å². The van der Waals surface area contributed by atoms with Gasteiger partial charge in [-0.25, -0.2) is 0 Å². The van der Waals surface area contributed by atoms with Gasteiger partial charge in [0.1, 0.15) is 0 Å². The number of rotatable bonds is 3. The molecule has 12 heavy (non-hydrogen) atoms. The second-order valence-electron chi connectivity index (χ2n) is 2.88. The number of halogens is 1. The lowest BCUT2D eigenvalue weighted by molar-refractivity contribution is 0.945. The van der Waals surface area contributed by atoms with Crippen LogP contribution in [0, 0.1) is 0 Å². The Morgan fingerprint density at radius 1 is 1.33 bits per heavy atom. The van der Waals surface area contributed by atoms with Crippen LogP contribution in [0.5, 0.6) is 0 Å². The van der Waals surface area contributed by atoms with Crippen LogP contribution in [0.1, 0.15) is 12.5 Å². The summed E-state index contributed by atoms with van der Waals surface area (Å²) in [6, 6.07) is 8.55. The van der Waals surface area contributed by atoms with Gasteiger partial charge in [0, 0.05) is 9.72 Å². The van der Waals surface area contributed by atoms with Crippen molar-refractivity contribution >= 4 is 27.7 Å². The van der Waals surface area contributed by atoms with Gasteiger partial charge in [-0.2, -0.15) is 11.8 Å². The first-order chi connectivity index (χ1) is 5.72. The van der Waals surface area contributed by atoms with Crippen molar-refractivity contribution < 1.29 is 0 Å². The van der Waals surface area contributed by atoms with Crippen LogP contribution < -0.4 is 0 Å². The molecule has 0 saturated carbocycles. The Hall–Kier alpha value is 0.0500. The Morgan fingerprint density at radius 3 is 2.42 bits per heavy atom.